The molecule has 3 rings (SSSR count). The number of amides is 2. The fourth-order valence-corrected chi connectivity index (χ4v) is 4.42. The summed E-state index contributed by atoms with van der Waals surface area (Å²) in [5.41, 5.74) is 6.94. The van der Waals surface area contributed by atoms with Gasteiger partial charge in [0.05, 0.1) is 0 Å². The average molecular weight is 443 g/mol. The number of hydrogen-bond donors (Lipinski definition) is 3. The van der Waals surface area contributed by atoms with Crippen molar-refractivity contribution in [3.05, 3.63) is 48.0 Å². The molecule has 0 radical (unpaired) electrons. The minimum atomic E-state index is 0.00547. The summed E-state index contributed by atoms with van der Waals surface area (Å²) in [5.74, 6) is 0.744. The third kappa shape index (κ3) is 6.45. The lowest BCUT2D eigenvalue weighted by molar-refractivity contribution is -0.118. The average Bonchev–Trinajstić information content (AvgIpc) is 2.78. The van der Waals surface area contributed by atoms with E-state index in [1.54, 1.807) is 6.92 Å². The second-order valence-corrected chi connectivity index (χ2v) is 8.71. The Balaban J connectivity index is 1.69. The van der Waals surface area contributed by atoms with E-state index in [2.05, 4.69) is 22.8 Å². The lowest BCUT2D eigenvalue weighted by Crippen LogP contribution is -2.57. The van der Waals surface area contributed by atoms with Crippen LogP contribution < -0.4 is 11.1 Å². The zero-order valence-electron chi connectivity index (χ0n) is 18.3. The van der Waals surface area contributed by atoms with E-state index >= 15 is 0 Å². The van der Waals surface area contributed by atoms with Crippen LogP contribution in [0.3, 0.4) is 0 Å². The highest BCUT2D eigenvalue weighted by Gasteiger charge is 2.30. The number of thiol groups is 1. The molecule has 0 saturated carbocycles. The van der Waals surface area contributed by atoms with E-state index < -0.39 is 0 Å². The van der Waals surface area contributed by atoms with Crippen LogP contribution in [0.1, 0.15) is 36.5 Å². The molecule has 31 heavy (non-hydrogen) atoms. The predicted octanol–water partition coefficient (Wildman–Crippen LogP) is 2.53. The molecule has 0 spiro atoms. The van der Waals surface area contributed by atoms with Gasteiger partial charge in [0, 0.05) is 63.0 Å². The number of nitrogens with zero attached hydrogens (tertiary/aromatic N) is 2. The van der Waals surface area contributed by atoms with Gasteiger partial charge < -0.3 is 16.0 Å². The molecule has 2 amide bonds. The van der Waals surface area contributed by atoms with Crippen molar-refractivity contribution in [1.82, 2.24) is 15.1 Å². The molecule has 1 fully saturated rings. The largest absolute Gasteiger partial charge is 0.356 e. The van der Waals surface area contributed by atoms with Gasteiger partial charge in [-0.15, -0.1) is 0 Å². The molecule has 2 aromatic carbocycles. The van der Waals surface area contributed by atoms with E-state index in [0.29, 0.717) is 25.4 Å². The quantitative estimate of drug-likeness (QED) is 0.412. The van der Waals surface area contributed by atoms with E-state index in [1.807, 2.05) is 47.4 Å². The first-order valence-corrected chi connectivity index (χ1v) is 11.7. The van der Waals surface area contributed by atoms with E-state index in [4.69, 9.17) is 5.73 Å². The Morgan fingerprint density at radius 2 is 1.94 bits per heavy atom. The molecule has 7 heteroatoms. The molecular weight excluding hydrogens is 408 g/mol. The summed E-state index contributed by atoms with van der Waals surface area (Å²) >= 11 is 4.34. The summed E-state index contributed by atoms with van der Waals surface area (Å²) < 4.78 is 0. The Hall–Kier alpha value is -2.09. The van der Waals surface area contributed by atoms with Gasteiger partial charge in [-0.3, -0.25) is 14.5 Å². The molecule has 1 heterocycles. The number of nitrogens with two attached hydrogens (primary N) is 1. The Morgan fingerprint density at radius 3 is 2.71 bits per heavy atom. The van der Waals surface area contributed by atoms with Crippen molar-refractivity contribution in [1.29, 1.82) is 0 Å². The van der Waals surface area contributed by atoms with Crippen LogP contribution in [0.2, 0.25) is 0 Å². The molecule has 2 aromatic rings. The number of piperazine rings is 1. The van der Waals surface area contributed by atoms with Crippen molar-refractivity contribution in [3.8, 4) is 0 Å². The highest BCUT2D eigenvalue weighted by molar-refractivity contribution is 7.80. The number of unbranched alkanes of at least 4 members (excludes halogenated alkanes) is 1. The predicted molar refractivity (Wildman–Crippen MR) is 130 cm³/mol. The van der Waals surface area contributed by atoms with Gasteiger partial charge >= 0.3 is 0 Å². The normalized spacial score (nSPS) is 18.2. The first-order valence-electron chi connectivity index (χ1n) is 11.1. The van der Waals surface area contributed by atoms with Crippen molar-refractivity contribution in [2.75, 3.05) is 38.5 Å². The molecule has 1 aliphatic heterocycles. The van der Waals surface area contributed by atoms with Crippen LogP contribution in [0, 0.1) is 0 Å². The van der Waals surface area contributed by atoms with Crippen molar-refractivity contribution < 1.29 is 9.59 Å². The molecule has 1 aliphatic rings. The highest BCUT2D eigenvalue weighted by Crippen LogP contribution is 2.23. The maximum Gasteiger partial charge on any atom is 0.254 e. The SMILES string of the molecule is CC(=O)NCCCC[C@H]1CN(C(=O)c2cccc3ccccc23)CCN1C[C@@H](N)CS. The monoisotopic (exact) mass is 442 g/mol. The third-order valence-corrected chi connectivity index (χ3v) is 6.42. The fraction of sp³-hybridized carbons (Fsp3) is 0.500. The van der Waals surface area contributed by atoms with Crippen LogP contribution >= 0.6 is 12.6 Å². The van der Waals surface area contributed by atoms with Gasteiger partial charge in [-0.2, -0.15) is 12.6 Å². The van der Waals surface area contributed by atoms with Crippen molar-refractivity contribution in [2.24, 2.45) is 5.73 Å². The smallest absolute Gasteiger partial charge is 0.254 e. The van der Waals surface area contributed by atoms with Crippen LogP contribution in [0.25, 0.3) is 10.8 Å². The van der Waals surface area contributed by atoms with Gasteiger partial charge in [-0.25, -0.2) is 0 Å². The van der Waals surface area contributed by atoms with E-state index in [1.165, 1.54) is 0 Å². The molecule has 0 bridgehead atoms. The first kappa shape index (κ1) is 23.6. The number of hydrogen-bond acceptors (Lipinski definition) is 5. The van der Waals surface area contributed by atoms with E-state index in [9.17, 15) is 9.59 Å². The minimum absolute atomic E-state index is 0.00547. The van der Waals surface area contributed by atoms with Gasteiger partial charge in [0.1, 0.15) is 0 Å². The maximum absolute atomic E-state index is 13.4. The second-order valence-electron chi connectivity index (χ2n) is 8.35. The Kier molecular flexibility index (Phi) is 8.75. The van der Waals surface area contributed by atoms with Gasteiger partial charge in [0.25, 0.3) is 5.91 Å². The molecule has 0 unspecified atom stereocenters. The van der Waals surface area contributed by atoms with Crippen LogP contribution in [-0.2, 0) is 4.79 Å². The van der Waals surface area contributed by atoms with Crippen LogP contribution in [0.4, 0.5) is 0 Å². The number of carbonyl (C=O) groups is 2. The molecular formula is C24H34N4O2S. The number of benzene rings is 2. The van der Waals surface area contributed by atoms with Gasteiger partial charge in [0.15, 0.2) is 0 Å². The molecule has 1 saturated heterocycles. The van der Waals surface area contributed by atoms with Crippen molar-refractivity contribution in [2.45, 2.75) is 38.3 Å². The molecule has 2 atom stereocenters. The summed E-state index contributed by atoms with van der Waals surface area (Å²) in [5, 5.41) is 4.94. The maximum atomic E-state index is 13.4. The van der Waals surface area contributed by atoms with E-state index in [0.717, 1.165) is 48.7 Å². The summed E-state index contributed by atoms with van der Waals surface area (Å²) in [4.78, 5) is 28.9. The lowest BCUT2D eigenvalue weighted by atomic mass is 10.0. The Labute approximate surface area is 190 Å². The van der Waals surface area contributed by atoms with Crippen LogP contribution in [0.5, 0.6) is 0 Å². The second kappa shape index (κ2) is 11.5. The van der Waals surface area contributed by atoms with Crippen molar-refractivity contribution in [3.63, 3.8) is 0 Å². The van der Waals surface area contributed by atoms with Crippen LogP contribution in [-0.4, -0.2) is 72.2 Å². The molecule has 3 N–H and O–H groups in total. The summed E-state index contributed by atoms with van der Waals surface area (Å²) in [6, 6.07) is 14.2. The Bertz CT molecular complexity index is 886. The highest BCUT2D eigenvalue weighted by atomic mass is 32.1. The molecule has 6 nitrogen and oxygen atoms in total. The molecule has 0 aromatic heterocycles. The number of rotatable bonds is 9. The number of fused-ring (bicyclic) bond motifs is 1. The Morgan fingerprint density at radius 1 is 1.16 bits per heavy atom. The van der Waals surface area contributed by atoms with Gasteiger partial charge in [-0.05, 0) is 29.7 Å². The minimum Gasteiger partial charge on any atom is -0.356 e. The summed E-state index contributed by atoms with van der Waals surface area (Å²) in [6.07, 6.45) is 2.89. The summed E-state index contributed by atoms with van der Waals surface area (Å²) in [7, 11) is 0. The van der Waals surface area contributed by atoms with Crippen molar-refractivity contribution >= 4 is 35.2 Å². The van der Waals surface area contributed by atoms with Gasteiger partial charge in [-0.1, -0.05) is 42.8 Å². The number of nitrogens with one attached hydrogen (secondary N) is 1. The third-order valence-electron chi connectivity index (χ3n) is 5.95. The zero-order chi connectivity index (χ0) is 22.2. The number of carbonyl (C=O) groups excluding carboxylic acids is 2. The zero-order valence-corrected chi connectivity index (χ0v) is 19.2. The first-order chi connectivity index (χ1) is 15.0. The van der Waals surface area contributed by atoms with Crippen LogP contribution in [0.15, 0.2) is 42.5 Å². The fourth-order valence-electron chi connectivity index (χ4n) is 4.30. The molecule has 168 valence electrons. The van der Waals surface area contributed by atoms with Gasteiger partial charge in [0.2, 0.25) is 5.91 Å². The topological polar surface area (TPSA) is 78.7 Å². The summed E-state index contributed by atoms with van der Waals surface area (Å²) in [6.45, 7) is 5.23. The standard InChI is InChI=1S/C24H34N4O2S/c1-18(29)26-12-5-4-9-21-16-28(14-13-27(21)15-20(25)17-31)24(30)23-11-6-8-19-7-2-3-10-22(19)23/h2-3,6-8,10-11,20-21,31H,4-5,9,12-17,25H2,1H3,(H,26,29)/t20-,21+/m1/s1. The molecule has 0 aliphatic carbocycles. The van der Waals surface area contributed by atoms with E-state index in [-0.39, 0.29) is 23.9 Å². The lowest BCUT2D eigenvalue weighted by Gasteiger charge is -2.42.